The molecule has 0 N–H and O–H groups in total. The van der Waals surface area contributed by atoms with Gasteiger partial charge in [0.1, 0.15) is 14.3 Å². The zero-order valence-corrected chi connectivity index (χ0v) is 30.3. The highest BCUT2D eigenvalue weighted by molar-refractivity contribution is 7.79. The Morgan fingerprint density at radius 3 is 0.844 bits per heavy atom. The molecule has 1 fully saturated rings. The van der Waals surface area contributed by atoms with Gasteiger partial charge in [0, 0.05) is 33.5 Å². The summed E-state index contributed by atoms with van der Waals surface area (Å²) < 4.78 is 44.5. The Balaban J connectivity index is 1.65. The second-order valence-electron chi connectivity index (χ2n) is 13.9. The van der Waals surface area contributed by atoms with Crippen molar-refractivity contribution in [2.45, 2.75) is 87.2 Å². The molecule has 45 heavy (non-hydrogen) atoms. The molecule has 2 atom stereocenters. The van der Waals surface area contributed by atoms with E-state index in [1.54, 1.807) is 0 Å². The summed E-state index contributed by atoms with van der Waals surface area (Å²) in [5.74, 6) is -0.916. The van der Waals surface area contributed by atoms with Crippen molar-refractivity contribution < 1.29 is 18.6 Å². The molecule has 1 aliphatic rings. The van der Waals surface area contributed by atoms with Gasteiger partial charge >= 0.3 is 0 Å². The number of benzene rings is 4. The van der Waals surface area contributed by atoms with Gasteiger partial charge < -0.3 is 18.6 Å². The average Bonchev–Trinajstić information content (AvgIpc) is 3.18. The van der Waals surface area contributed by atoms with Crippen LogP contribution in [0.5, 0.6) is 0 Å². The molecule has 0 amide bonds. The zero-order valence-electron chi connectivity index (χ0n) is 28.5. The molecule has 0 bridgehead atoms. The fraction of sp³-hybridized carbons (Fsp3) is 0.385. The third-order valence-electron chi connectivity index (χ3n) is 8.65. The van der Waals surface area contributed by atoms with Crippen LogP contribution >= 0.6 is 14.3 Å². The van der Waals surface area contributed by atoms with E-state index in [0.29, 0.717) is 0 Å². The van der Waals surface area contributed by atoms with Crippen molar-refractivity contribution in [2.75, 3.05) is 12.3 Å². The lowest BCUT2D eigenvalue weighted by atomic mass is 10.2. The summed E-state index contributed by atoms with van der Waals surface area (Å²) in [6.45, 7) is 20.2. The normalized spacial score (nSPS) is 18.4. The minimum atomic E-state index is -3.21. The van der Waals surface area contributed by atoms with Crippen LogP contribution in [0.2, 0.25) is 0 Å². The third kappa shape index (κ3) is 7.31. The Kier molecular flexibility index (Phi) is 9.31. The van der Waals surface area contributed by atoms with E-state index in [-0.39, 0.29) is 12.3 Å². The molecule has 6 heteroatoms. The van der Waals surface area contributed by atoms with Gasteiger partial charge in [0.05, 0.1) is 12.2 Å². The van der Waals surface area contributed by atoms with E-state index in [2.05, 4.69) is 72.8 Å². The summed E-state index contributed by atoms with van der Waals surface area (Å²) in [7, 11) is -6.42. The first kappa shape index (κ1) is 33.6. The van der Waals surface area contributed by atoms with Gasteiger partial charge in [-0.25, -0.2) is 0 Å². The SMILES string of the molecule is Cc1cc(C)cc(P(=O)(C[C@@H]2OC(C)(C)O[C@H]2CP(=O)(c2cc(C)cc(C)c2)c2cc(C)cc(C)c2)c2cc(C)cc(C)c2)c1. The van der Waals surface area contributed by atoms with Crippen molar-refractivity contribution in [2.24, 2.45) is 0 Å². The Morgan fingerprint density at radius 2 is 0.644 bits per heavy atom. The lowest BCUT2D eigenvalue weighted by molar-refractivity contribution is -0.142. The Labute approximate surface area is 270 Å². The van der Waals surface area contributed by atoms with E-state index in [1.165, 1.54) is 0 Å². The van der Waals surface area contributed by atoms with Crippen molar-refractivity contribution >= 4 is 35.5 Å². The minimum absolute atomic E-state index is 0.257. The highest BCUT2D eigenvalue weighted by atomic mass is 31.2. The number of ether oxygens (including phenoxy) is 2. The summed E-state index contributed by atoms with van der Waals surface area (Å²) in [6.07, 6.45) is -0.547. The molecule has 0 unspecified atom stereocenters. The molecule has 0 aliphatic carbocycles. The highest BCUT2D eigenvalue weighted by Crippen LogP contribution is 2.52. The maximum atomic E-state index is 15.6. The van der Waals surface area contributed by atoms with Crippen LogP contribution in [0.3, 0.4) is 0 Å². The van der Waals surface area contributed by atoms with Crippen molar-refractivity contribution in [3.63, 3.8) is 0 Å². The molecule has 0 radical (unpaired) electrons. The van der Waals surface area contributed by atoms with Gasteiger partial charge in [0.15, 0.2) is 5.79 Å². The second-order valence-corrected chi connectivity index (χ2v) is 19.7. The van der Waals surface area contributed by atoms with Gasteiger partial charge in [-0.2, -0.15) is 0 Å². The van der Waals surface area contributed by atoms with E-state index in [0.717, 1.165) is 65.7 Å². The summed E-state index contributed by atoms with van der Waals surface area (Å²) >= 11 is 0. The smallest absolute Gasteiger partial charge is 0.163 e. The summed E-state index contributed by atoms with van der Waals surface area (Å²) in [4.78, 5) is 0. The quantitative estimate of drug-likeness (QED) is 0.183. The van der Waals surface area contributed by atoms with Gasteiger partial charge in [0.25, 0.3) is 0 Å². The average molecular weight is 643 g/mol. The molecule has 0 spiro atoms. The van der Waals surface area contributed by atoms with Crippen LogP contribution in [-0.4, -0.2) is 30.3 Å². The van der Waals surface area contributed by atoms with Gasteiger partial charge in [-0.1, -0.05) is 68.8 Å². The first-order valence-electron chi connectivity index (χ1n) is 15.8. The molecule has 5 rings (SSSR count). The van der Waals surface area contributed by atoms with Crippen molar-refractivity contribution in [1.82, 2.24) is 0 Å². The van der Waals surface area contributed by atoms with Gasteiger partial charge in [-0.05, 0) is 118 Å². The fourth-order valence-electron chi connectivity index (χ4n) is 7.08. The van der Waals surface area contributed by atoms with Gasteiger partial charge in [-0.15, -0.1) is 0 Å². The Morgan fingerprint density at radius 1 is 0.444 bits per heavy atom. The van der Waals surface area contributed by atoms with Crippen LogP contribution in [0.25, 0.3) is 0 Å². The number of hydrogen-bond acceptors (Lipinski definition) is 4. The van der Waals surface area contributed by atoms with E-state index in [1.807, 2.05) is 69.2 Å². The predicted molar refractivity (Wildman–Crippen MR) is 191 cm³/mol. The molecule has 4 aromatic carbocycles. The monoisotopic (exact) mass is 642 g/mol. The molecular formula is C39H48O4P2. The maximum absolute atomic E-state index is 15.6. The Hall–Kier alpha value is -2.74. The number of aryl methyl sites for hydroxylation is 8. The van der Waals surface area contributed by atoms with E-state index < -0.39 is 32.3 Å². The van der Waals surface area contributed by atoms with Crippen molar-refractivity contribution in [3.8, 4) is 0 Å². The van der Waals surface area contributed by atoms with Gasteiger partial charge in [0.2, 0.25) is 0 Å². The molecule has 0 saturated carbocycles. The standard InChI is InChI=1S/C39H48O4P2/c1-25-11-26(2)16-33(15-25)44(40,34-17-27(3)12-28(4)18-34)23-37-38(43-39(9,10)42-37)24-45(41,35-19-29(5)13-30(6)20-35)36-21-31(7)14-32(8)22-36/h11-22,37-38H,23-24H2,1-10H3/t37-,38-/m0/s1. The molecule has 0 aromatic heterocycles. The highest BCUT2D eigenvalue weighted by Gasteiger charge is 2.48. The van der Waals surface area contributed by atoms with Crippen LogP contribution in [0.15, 0.2) is 72.8 Å². The van der Waals surface area contributed by atoms with Crippen molar-refractivity contribution in [1.29, 1.82) is 0 Å². The van der Waals surface area contributed by atoms with Crippen LogP contribution in [0.4, 0.5) is 0 Å². The minimum Gasteiger partial charge on any atom is -0.344 e. The largest absolute Gasteiger partial charge is 0.344 e. The molecular weight excluding hydrogens is 594 g/mol. The van der Waals surface area contributed by atoms with E-state index in [4.69, 9.17) is 9.47 Å². The molecule has 238 valence electrons. The molecule has 1 aliphatic heterocycles. The molecule has 4 nitrogen and oxygen atoms in total. The summed E-state index contributed by atoms with van der Waals surface area (Å²) in [5, 5.41) is 3.29. The zero-order chi connectivity index (χ0) is 32.9. The van der Waals surface area contributed by atoms with Crippen LogP contribution in [0.1, 0.15) is 58.4 Å². The number of hydrogen-bond donors (Lipinski definition) is 0. The lowest BCUT2D eigenvalue weighted by Gasteiger charge is -2.29. The first-order chi connectivity index (χ1) is 21.0. The van der Waals surface area contributed by atoms with E-state index >= 15 is 9.13 Å². The second kappa shape index (κ2) is 12.5. The molecule has 1 saturated heterocycles. The molecule has 4 aromatic rings. The number of rotatable bonds is 8. The lowest BCUT2D eigenvalue weighted by Crippen LogP contribution is -2.36. The van der Waals surface area contributed by atoms with Crippen LogP contribution in [0, 0.1) is 55.4 Å². The third-order valence-corrected chi connectivity index (χ3v) is 14.8. The Bertz CT molecular complexity index is 1530. The summed E-state index contributed by atoms with van der Waals surface area (Å²) in [6, 6.07) is 24.9. The summed E-state index contributed by atoms with van der Waals surface area (Å²) in [5.41, 5.74) is 8.59. The van der Waals surface area contributed by atoms with Crippen molar-refractivity contribution in [3.05, 3.63) is 117 Å². The predicted octanol–water partition coefficient (Wildman–Crippen LogP) is 8.00. The topological polar surface area (TPSA) is 52.6 Å². The first-order valence-corrected chi connectivity index (χ1v) is 19.6. The van der Waals surface area contributed by atoms with Crippen LogP contribution < -0.4 is 21.2 Å². The van der Waals surface area contributed by atoms with Gasteiger partial charge in [-0.3, -0.25) is 0 Å². The van der Waals surface area contributed by atoms with E-state index in [9.17, 15) is 0 Å². The molecule has 1 heterocycles. The maximum Gasteiger partial charge on any atom is 0.163 e. The fourth-order valence-corrected chi connectivity index (χ4v) is 13.5. The van der Waals surface area contributed by atoms with Crippen LogP contribution in [-0.2, 0) is 18.6 Å².